The molecule has 0 heterocycles. The van der Waals surface area contributed by atoms with E-state index in [1.165, 1.54) is 6.26 Å². The molecule has 0 bridgehead atoms. The highest BCUT2D eigenvalue weighted by atomic mass is 32.2. The van der Waals surface area contributed by atoms with E-state index in [4.69, 9.17) is 0 Å². The smallest absolute Gasteiger partial charge is 0.151 e. The van der Waals surface area contributed by atoms with Crippen LogP contribution in [0.1, 0.15) is 50.2 Å². The molecule has 2 N–H and O–H groups in total. The lowest BCUT2D eigenvalue weighted by Gasteiger charge is -2.33. The largest absolute Gasteiger partial charge is 0.388 e. The normalized spacial score (nSPS) is 28.3. The number of hydrogen-bond donors (Lipinski definition) is 2. The van der Waals surface area contributed by atoms with E-state index in [1.807, 2.05) is 30.3 Å². The van der Waals surface area contributed by atoms with Crippen molar-refractivity contribution in [1.29, 1.82) is 0 Å². The monoisotopic (exact) mass is 337 g/mol. The van der Waals surface area contributed by atoms with Gasteiger partial charge in [0.25, 0.3) is 0 Å². The fraction of sp³-hybridized carbons (Fsp3) is 0.667. The zero-order valence-corrected chi connectivity index (χ0v) is 14.6. The molecular weight excluding hydrogens is 310 g/mol. The van der Waals surface area contributed by atoms with E-state index in [9.17, 15) is 13.5 Å². The summed E-state index contributed by atoms with van der Waals surface area (Å²) in [7, 11) is -3.02. The average Bonchev–Trinajstić information content (AvgIpc) is 3.34. The first-order valence-electron chi connectivity index (χ1n) is 8.58. The first-order valence-corrected chi connectivity index (χ1v) is 10.5. The molecule has 1 aromatic rings. The fourth-order valence-corrected chi connectivity index (χ4v) is 5.30. The second kappa shape index (κ2) is 6.54. The number of aliphatic hydroxyl groups excluding tert-OH is 1. The van der Waals surface area contributed by atoms with E-state index in [2.05, 4.69) is 5.32 Å². The highest BCUT2D eigenvalue weighted by molar-refractivity contribution is 7.91. The first-order chi connectivity index (χ1) is 10.9. The van der Waals surface area contributed by atoms with E-state index in [1.54, 1.807) is 0 Å². The Bertz CT molecular complexity index is 625. The zero-order chi connectivity index (χ0) is 16.5. The lowest BCUT2D eigenvalue weighted by Crippen LogP contribution is -2.48. The lowest BCUT2D eigenvalue weighted by molar-refractivity contribution is 0.0889. The van der Waals surface area contributed by atoms with Crippen LogP contribution in [0.4, 0.5) is 0 Å². The van der Waals surface area contributed by atoms with Crippen molar-refractivity contribution in [2.45, 2.75) is 55.9 Å². The van der Waals surface area contributed by atoms with Crippen molar-refractivity contribution in [1.82, 2.24) is 5.32 Å². The molecule has 0 saturated heterocycles. The minimum atomic E-state index is -3.02. The summed E-state index contributed by atoms with van der Waals surface area (Å²) in [6.45, 7) is 0.694. The minimum Gasteiger partial charge on any atom is -0.388 e. The van der Waals surface area contributed by atoms with Crippen LogP contribution in [0.3, 0.4) is 0 Å². The molecule has 0 aromatic heterocycles. The third-order valence-corrected chi connectivity index (χ3v) is 7.22. The average molecular weight is 337 g/mol. The molecule has 4 nitrogen and oxygen atoms in total. The molecule has 3 rings (SSSR count). The van der Waals surface area contributed by atoms with Crippen molar-refractivity contribution in [3.05, 3.63) is 35.9 Å². The maximum Gasteiger partial charge on any atom is 0.151 e. The summed E-state index contributed by atoms with van der Waals surface area (Å²) in [5.74, 6) is 0. The highest BCUT2D eigenvalue weighted by Crippen LogP contribution is 2.54. The summed E-state index contributed by atoms with van der Waals surface area (Å²) >= 11 is 0. The molecule has 1 aromatic carbocycles. The minimum absolute atomic E-state index is 0.0270. The SMILES string of the molecule is CS(=O)(=O)C1CCCCC1NCC1(C(O)c2ccccc2)CC1. The van der Waals surface area contributed by atoms with E-state index < -0.39 is 15.9 Å². The second-order valence-electron chi connectivity index (χ2n) is 7.32. The molecular formula is C18H27NO3S. The highest BCUT2D eigenvalue weighted by Gasteiger charge is 2.49. The lowest BCUT2D eigenvalue weighted by atomic mass is 9.90. The summed E-state index contributed by atoms with van der Waals surface area (Å²) < 4.78 is 24.0. The standard InChI is InChI=1S/C18H27NO3S/c1-23(21,22)16-10-6-5-9-15(16)19-13-18(11-12-18)17(20)14-7-3-2-4-8-14/h2-4,7-8,15-17,19-20H,5-6,9-13H2,1H3. The van der Waals surface area contributed by atoms with E-state index in [0.717, 1.165) is 44.1 Å². The van der Waals surface area contributed by atoms with Gasteiger partial charge in [-0.15, -0.1) is 0 Å². The van der Waals surface area contributed by atoms with Crippen LogP contribution in [0.2, 0.25) is 0 Å². The molecule has 0 amide bonds. The van der Waals surface area contributed by atoms with Crippen molar-refractivity contribution < 1.29 is 13.5 Å². The number of benzene rings is 1. The van der Waals surface area contributed by atoms with Crippen LogP contribution in [0.15, 0.2) is 30.3 Å². The van der Waals surface area contributed by atoms with Crippen LogP contribution in [0.25, 0.3) is 0 Å². The Labute approximate surface area is 139 Å². The summed E-state index contributed by atoms with van der Waals surface area (Å²) in [6, 6.07) is 9.80. The number of sulfone groups is 1. The molecule has 128 valence electrons. The number of hydrogen-bond acceptors (Lipinski definition) is 4. The first kappa shape index (κ1) is 16.9. The predicted octanol–water partition coefficient (Wildman–Crippen LogP) is 2.45. The van der Waals surface area contributed by atoms with E-state index in [-0.39, 0.29) is 16.7 Å². The number of aliphatic hydroxyl groups is 1. The summed E-state index contributed by atoms with van der Waals surface area (Å²) in [4.78, 5) is 0. The quantitative estimate of drug-likeness (QED) is 0.837. The summed E-state index contributed by atoms with van der Waals surface area (Å²) in [6.07, 6.45) is 6.60. The van der Waals surface area contributed by atoms with Gasteiger partial charge in [0.15, 0.2) is 9.84 Å². The third kappa shape index (κ3) is 3.78. The van der Waals surface area contributed by atoms with Crippen LogP contribution in [0, 0.1) is 5.41 Å². The van der Waals surface area contributed by atoms with Gasteiger partial charge in [0, 0.05) is 24.3 Å². The Morgan fingerprint density at radius 1 is 1.22 bits per heavy atom. The van der Waals surface area contributed by atoms with Crippen molar-refractivity contribution in [2.75, 3.05) is 12.8 Å². The van der Waals surface area contributed by atoms with Gasteiger partial charge in [-0.2, -0.15) is 0 Å². The Morgan fingerprint density at radius 3 is 2.48 bits per heavy atom. The number of nitrogens with one attached hydrogen (secondary N) is 1. The van der Waals surface area contributed by atoms with Crippen LogP contribution in [-0.4, -0.2) is 37.6 Å². The molecule has 2 fully saturated rings. The topological polar surface area (TPSA) is 66.4 Å². The Kier molecular flexibility index (Phi) is 4.81. The van der Waals surface area contributed by atoms with Crippen molar-refractivity contribution >= 4 is 9.84 Å². The Balaban J connectivity index is 1.65. The molecule has 2 aliphatic carbocycles. The van der Waals surface area contributed by atoms with Gasteiger partial charge in [0.1, 0.15) is 0 Å². The van der Waals surface area contributed by atoms with E-state index in [0.29, 0.717) is 6.54 Å². The van der Waals surface area contributed by atoms with Gasteiger partial charge < -0.3 is 10.4 Å². The molecule has 0 spiro atoms. The van der Waals surface area contributed by atoms with Gasteiger partial charge in [0.2, 0.25) is 0 Å². The van der Waals surface area contributed by atoms with Gasteiger partial charge >= 0.3 is 0 Å². The maximum atomic E-state index is 12.0. The fourth-order valence-electron chi connectivity index (χ4n) is 3.87. The molecule has 2 aliphatic rings. The molecule has 3 atom stereocenters. The molecule has 5 heteroatoms. The molecule has 23 heavy (non-hydrogen) atoms. The number of rotatable bonds is 6. The zero-order valence-electron chi connectivity index (χ0n) is 13.7. The Morgan fingerprint density at radius 2 is 1.87 bits per heavy atom. The van der Waals surface area contributed by atoms with Crippen molar-refractivity contribution in [3.63, 3.8) is 0 Å². The third-order valence-electron chi connectivity index (χ3n) is 5.56. The van der Waals surface area contributed by atoms with Crippen molar-refractivity contribution in [2.24, 2.45) is 5.41 Å². The summed E-state index contributed by atoms with van der Waals surface area (Å²) in [5, 5.41) is 13.9. The summed E-state index contributed by atoms with van der Waals surface area (Å²) in [5.41, 5.74) is 0.830. The molecule has 0 radical (unpaired) electrons. The van der Waals surface area contributed by atoms with E-state index >= 15 is 0 Å². The second-order valence-corrected chi connectivity index (χ2v) is 9.58. The predicted molar refractivity (Wildman–Crippen MR) is 92.0 cm³/mol. The van der Waals surface area contributed by atoms with Gasteiger partial charge in [0.05, 0.1) is 11.4 Å². The van der Waals surface area contributed by atoms with Gasteiger partial charge in [-0.05, 0) is 31.2 Å². The molecule has 3 unspecified atom stereocenters. The van der Waals surface area contributed by atoms with Crippen LogP contribution in [0.5, 0.6) is 0 Å². The molecule has 0 aliphatic heterocycles. The van der Waals surface area contributed by atoms with Crippen LogP contribution < -0.4 is 5.32 Å². The van der Waals surface area contributed by atoms with Gasteiger partial charge in [-0.25, -0.2) is 8.42 Å². The molecule has 2 saturated carbocycles. The van der Waals surface area contributed by atoms with Gasteiger partial charge in [-0.3, -0.25) is 0 Å². The Hall–Kier alpha value is -0.910. The van der Waals surface area contributed by atoms with Crippen LogP contribution in [-0.2, 0) is 9.84 Å². The van der Waals surface area contributed by atoms with Crippen molar-refractivity contribution in [3.8, 4) is 0 Å². The van der Waals surface area contributed by atoms with Gasteiger partial charge in [-0.1, -0.05) is 43.2 Å². The van der Waals surface area contributed by atoms with Crippen LogP contribution >= 0.6 is 0 Å². The maximum absolute atomic E-state index is 12.0.